The Hall–Kier alpha value is -0.260. The molecule has 90 valence electrons. The van der Waals surface area contributed by atoms with E-state index in [1.165, 1.54) is 44.1 Å². The number of allylic oxidation sites excluding steroid dienone is 2. The second kappa shape index (κ2) is 9.00. The summed E-state index contributed by atoms with van der Waals surface area (Å²) in [6.45, 7) is 11.4. The zero-order valence-electron chi connectivity index (χ0n) is 11.5. The minimum absolute atomic E-state index is 0.907. The van der Waals surface area contributed by atoms with Crippen molar-refractivity contribution in [1.82, 2.24) is 0 Å². The van der Waals surface area contributed by atoms with E-state index in [0.717, 1.165) is 11.8 Å². The molecule has 0 aliphatic heterocycles. The van der Waals surface area contributed by atoms with Gasteiger partial charge in [0.25, 0.3) is 0 Å². The number of hydrogen-bond donors (Lipinski definition) is 0. The second-order valence-corrected chi connectivity index (χ2v) is 5.41. The van der Waals surface area contributed by atoms with E-state index in [2.05, 4.69) is 40.7 Å². The third-order valence-corrected chi connectivity index (χ3v) is 3.30. The third-order valence-electron chi connectivity index (χ3n) is 3.30. The van der Waals surface area contributed by atoms with E-state index in [1.807, 2.05) is 0 Å². The lowest BCUT2D eigenvalue weighted by atomic mass is 9.94. The zero-order chi connectivity index (χ0) is 11.7. The van der Waals surface area contributed by atoms with Gasteiger partial charge >= 0.3 is 0 Å². The highest BCUT2D eigenvalue weighted by Gasteiger charge is 2.03. The van der Waals surface area contributed by atoms with Gasteiger partial charge in [-0.2, -0.15) is 0 Å². The SMILES string of the molecule is CCC(C)CCCC(C)CCC=C(C)C. The molecule has 0 amide bonds. The van der Waals surface area contributed by atoms with Crippen molar-refractivity contribution in [2.45, 2.75) is 73.1 Å². The van der Waals surface area contributed by atoms with Crippen molar-refractivity contribution < 1.29 is 0 Å². The van der Waals surface area contributed by atoms with Gasteiger partial charge in [-0.05, 0) is 38.5 Å². The summed E-state index contributed by atoms with van der Waals surface area (Å²) < 4.78 is 0. The molecule has 0 rings (SSSR count). The molecule has 0 fully saturated rings. The molecule has 0 radical (unpaired) electrons. The lowest BCUT2D eigenvalue weighted by Crippen LogP contribution is -1.97. The van der Waals surface area contributed by atoms with Crippen LogP contribution in [0.15, 0.2) is 11.6 Å². The van der Waals surface area contributed by atoms with Crippen molar-refractivity contribution in [2.24, 2.45) is 11.8 Å². The Balaban J connectivity index is 3.41. The van der Waals surface area contributed by atoms with Crippen LogP contribution in [0.1, 0.15) is 73.1 Å². The summed E-state index contributed by atoms with van der Waals surface area (Å²) in [5.74, 6) is 1.83. The lowest BCUT2D eigenvalue weighted by molar-refractivity contribution is 0.420. The fraction of sp³-hybridized carbons (Fsp3) is 0.867. The van der Waals surface area contributed by atoms with Gasteiger partial charge in [0.05, 0.1) is 0 Å². The molecule has 0 nitrogen and oxygen atoms in total. The molecule has 0 saturated carbocycles. The van der Waals surface area contributed by atoms with E-state index in [1.54, 1.807) is 0 Å². The van der Waals surface area contributed by atoms with Gasteiger partial charge in [0, 0.05) is 0 Å². The first kappa shape index (κ1) is 14.7. The maximum Gasteiger partial charge on any atom is -0.0346 e. The smallest absolute Gasteiger partial charge is 0.0346 e. The highest BCUT2D eigenvalue weighted by molar-refractivity contribution is 4.92. The van der Waals surface area contributed by atoms with Crippen molar-refractivity contribution in [3.05, 3.63) is 11.6 Å². The Bertz CT molecular complexity index is 163. The van der Waals surface area contributed by atoms with Gasteiger partial charge in [0.15, 0.2) is 0 Å². The van der Waals surface area contributed by atoms with Crippen LogP contribution in [-0.2, 0) is 0 Å². The van der Waals surface area contributed by atoms with E-state index >= 15 is 0 Å². The van der Waals surface area contributed by atoms with Crippen LogP contribution < -0.4 is 0 Å². The van der Waals surface area contributed by atoms with Crippen LogP contribution in [0, 0.1) is 11.8 Å². The molecule has 0 heteroatoms. The summed E-state index contributed by atoms with van der Waals surface area (Å²) >= 11 is 0. The Kier molecular flexibility index (Phi) is 8.85. The van der Waals surface area contributed by atoms with E-state index < -0.39 is 0 Å². The largest absolute Gasteiger partial charge is 0.0859 e. The number of rotatable bonds is 8. The van der Waals surface area contributed by atoms with Gasteiger partial charge in [0.2, 0.25) is 0 Å². The van der Waals surface area contributed by atoms with Crippen LogP contribution in [-0.4, -0.2) is 0 Å². The molecule has 0 aromatic carbocycles. The Labute approximate surface area is 97.2 Å². The first-order valence-corrected chi connectivity index (χ1v) is 6.69. The predicted molar refractivity (Wildman–Crippen MR) is 71.1 cm³/mol. The van der Waals surface area contributed by atoms with Crippen LogP contribution in [0.25, 0.3) is 0 Å². The third kappa shape index (κ3) is 10.0. The first-order chi connectivity index (χ1) is 7.06. The van der Waals surface area contributed by atoms with Gasteiger partial charge in [-0.25, -0.2) is 0 Å². The topological polar surface area (TPSA) is 0 Å². The van der Waals surface area contributed by atoms with Crippen LogP contribution in [0.2, 0.25) is 0 Å². The first-order valence-electron chi connectivity index (χ1n) is 6.69. The molecule has 0 saturated heterocycles. The van der Waals surface area contributed by atoms with Gasteiger partial charge in [-0.15, -0.1) is 0 Å². The highest BCUT2D eigenvalue weighted by atomic mass is 14.1. The van der Waals surface area contributed by atoms with Crippen LogP contribution >= 0.6 is 0 Å². The van der Waals surface area contributed by atoms with Crippen molar-refractivity contribution >= 4 is 0 Å². The normalized spacial score (nSPS) is 14.7. The molecule has 0 aliphatic rings. The Morgan fingerprint density at radius 1 is 1.00 bits per heavy atom. The maximum atomic E-state index is 2.40. The van der Waals surface area contributed by atoms with Crippen LogP contribution in [0.5, 0.6) is 0 Å². The summed E-state index contributed by atoms with van der Waals surface area (Å²) in [6.07, 6.45) is 10.6. The molecule has 0 heterocycles. The summed E-state index contributed by atoms with van der Waals surface area (Å²) in [6, 6.07) is 0. The van der Waals surface area contributed by atoms with E-state index in [9.17, 15) is 0 Å². The summed E-state index contributed by atoms with van der Waals surface area (Å²) in [4.78, 5) is 0. The molecule has 2 atom stereocenters. The molecule has 0 aromatic heterocycles. The van der Waals surface area contributed by atoms with E-state index in [0.29, 0.717) is 0 Å². The quantitative estimate of drug-likeness (QED) is 0.458. The predicted octanol–water partition coefficient (Wildman–Crippen LogP) is 5.59. The lowest BCUT2D eigenvalue weighted by Gasteiger charge is -2.12. The molecule has 0 N–H and O–H groups in total. The Morgan fingerprint density at radius 3 is 2.13 bits per heavy atom. The Morgan fingerprint density at radius 2 is 1.60 bits per heavy atom. The molecule has 0 bridgehead atoms. The van der Waals surface area contributed by atoms with Crippen molar-refractivity contribution in [3.63, 3.8) is 0 Å². The molecule has 0 spiro atoms. The molecular formula is C15H30. The van der Waals surface area contributed by atoms with Crippen molar-refractivity contribution in [1.29, 1.82) is 0 Å². The molecule has 2 unspecified atom stereocenters. The molecular weight excluding hydrogens is 180 g/mol. The molecule has 0 aromatic rings. The molecule has 15 heavy (non-hydrogen) atoms. The van der Waals surface area contributed by atoms with Gasteiger partial charge < -0.3 is 0 Å². The summed E-state index contributed by atoms with van der Waals surface area (Å²) in [5, 5.41) is 0. The average molecular weight is 210 g/mol. The van der Waals surface area contributed by atoms with Gasteiger partial charge in [0.1, 0.15) is 0 Å². The number of hydrogen-bond acceptors (Lipinski definition) is 0. The van der Waals surface area contributed by atoms with Crippen molar-refractivity contribution in [3.8, 4) is 0 Å². The fourth-order valence-corrected chi connectivity index (χ4v) is 1.82. The van der Waals surface area contributed by atoms with Crippen LogP contribution in [0.3, 0.4) is 0 Å². The average Bonchev–Trinajstić information content (AvgIpc) is 2.17. The van der Waals surface area contributed by atoms with E-state index in [4.69, 9.17) is 0 Å². The highest BCUT2D eigenvalue weighted by Crippen LogP contribution is 2.18. The standard InChI is InChI=1S/C15H30/c1-6-14(4)10-8-12-15(5)11-7-9-13(2)3/h9,14-15H,6-8,10-12H2,1-5H3. The zero-order valence-corrected chi connectivity index (χ0v) is 11.5. The van der Waals surface area contributed by atoms with Gasteiger partial charge in [-0.1, -0.05) is 58.1 Å². The minimum Gasteiger partial charge on any atom is -0.0859 e. The second-order valence-electron chi connectivity index (χ2n) is 5.41. The maximum absolute atomic E-state index is 2.40. The van der Waals surface area contributed by atoms with Crippen LogP contribution in [0.4, 0.5) is 0 Å². The van der Waals surface area contributed by atoms with E-state index in [-0.39, 0.29) is 0 Å². The van der Waals surface area contributed by atoms with Gasteiger partial charge in [-0.3, -0.25) is 0 Å². The fourth-order valence-electron chi connectivity index (χ4n) is 1.82. The van der Waals surface area contributed by atoms with Crippen molar-refractivity contribution in [2.75, 3.05) is 0 Å². The molecule has 0 aliphatic carbocycles. The summed E-state index contributed by atoms with van der Waals surface area (Å²) in [7, 11) is 0. The monoisotopic (exact) mass is 210 g/mol. The minimum atomic E-state index is 0.907. The summed E-state index contributed by atoms with van der Waals surface area (Å²) in [5.41, 5.74) is 1.46.